The summed E-state index contributed by atoms with van der Waals surface area (Å²) in [5.74, 6) is -0.861. The molecule has 2 rings (SSSR count). The van der Waals surface area contributed by atoms with E-state index in [4.69, 9.17) is 5.73 Å². The Hall–Kier alpha value is -1.13. The summed E-state index contributed by atoms with van der Waals surface area (Å²) in [4.78, 5) is 12.0. The Morgan fingerprint density at radius 2 is 2.00 bits per heavy atom. The molecule has 0 aliphatic heterocycles. The Bertz CT molecular complexity index is 473. The summed E-state index contributed by atoms with van der Waals surface area (Å²) in [7, 11) is 0. The second-order valence-electron chi connectivity index (χ2n) is 5.59. The average molecular weight is 301 g/mol. The van der Waals surface area contributed by atoms with Crippen molar-refractivity contribution in [2.45, 2.75) is 44.6 Å². The predicted molar refractivity (Wildman–Crippen MR) is 80.7 cm³/mol. The highest BCUT2D eigenvalue weighted by molar-refractivity contribution is 5.94. The van der Waals surface area contributed by atoms with Gasteiger partial charge in [0.25, 0.3) is 5.91 Å². The number of hydrogen-bond acceptors (Lipinski definition) is 2. The Balaban J connectivity index is 0.00000200. The smallest absolute Gasteiger partial charge is 0.254 e. The van der Waals surface area contributed by atoms with Crippen molar-refractivity contribution in [3.8, 4) is 0 Å². The van der Waals surface area contributed by atoms with Gasteiger partial charge in [-0.25, -0.2) is 4.39 Å². The lowest BCUT2D eigenvalue weighted by atomic mass is 9.82. The van der Waals surface area contributed by atoms with E-state index in [0.29, 0.717) is 6.54 Å². The van der Waals surface area contributed by atoms with Crippen LogP contribution in [0, 0.1) is 12.7 Å². The molecule has 5 heteroatoms. The molecule has 0 bridgehead atoms. The summed E-state index contributed by atoms with van der Waals surface area (Å²) in [6.45, 7) is 2.21. The van der Waals surface area contributed by atoms with Crippen LogP contribution in [0.5, 0.6) is 0 Å². The first-order chi connectivity index (χ1) is 9.00. The summed E-state index contributed by atoms with van der Waals surface area (Å²) < 4.78 is 13.7. The van der Waals surface area contributed by atoms with E-state index >= 15 is 0 Å². The topological polar surface area (TPSA) is 55.1 Å². The van der Waals surface area contributed by atoms with Crippen LogP contribution in [0.1, 0.15) is 48.0 Å². The van der Waals surface area contributed by atoms with Crippen molar-refractivity contribution in [1.29, 1.82) is 0 Å². The van der Waals surface area contributed by atoms with E-state index in [-0.39, 0.29) is 29.4 Å². The number of carbonyl (C=O) groups is 1. The quantitative estimate of drug-likeness (QED) is 0.902. The Morgan fingerprint density at radius 3 is 2.60 bits per heavy atom. The molecule has 3 N–H and O–H groups in total. The van der Waals surface area contributed by atoms with Crippen LogP contribution in [0.15, 0.2) is 18.2 Å². The van der Waals surface area contributed by atoms with Gasteiger partial charge in [0.05, 0.1) is 5.56 Å². The second-order valence-corrected chi connectivity index (χ2v) is 5.59. The molecule has 0 saturated heterocycles. The van der Waals surface area contributed by atoms with Gasteiger partial charge in [0, 0.05) is 12.1 Å². The molecule has 20 heavy (non-hydrogen) atoms. The van der Waals surface area contributed by atoms with Crippen molar-refractivity contribution >= 4 is 18.3 Å². The zero-order valence-corrected chi connectivity index (χ0v) is 12.6. The fourth-order valence-corrected chi connectivity index (χ4v) is 2.59. The van der Waals surface area contributed by atoms with Gasteiger partial charge in [0.15, 0.2) is 0 Å². The zero-order valence-electron chi connectivity index (χ0n) is 11.7. The Labute approximate surface area is 125 Å². The molecule has 1 amide bonds. The van der Waals surface area contributed by atoms with Crippen LogP contribution in [0.25, 0.3) is 0 Å². The van der Waals surface area contributed by atoms with Gasteiger partial charge in [-0.3, -0.25) is 4.79 Å². The molecule has 1 aromatic rings. The molecular weight excluding hydrogens is 279 g/mol. The summed E-state index contributed by atoms with van der Waals surface area (Å²) >= 11 is 0. The standard InChI is InChI=1S/C15H21FN2O.ClH/c1-11-5-6-12(13(16)9-11)14(19)18-10-15(17)7-3-2-4-8-15;/h5-6,9H,2-4,7-8,10,17H2,1H3,(H,18,19);1H. The van der Waals surface area contributed by atoms with Crippen LogP contribution in [0.2, 0.25) is 0 Å². The number of rotatable bonds is 3. The van der Waals surface area contributed by atoms with E-state index in [9.17, 15) is 9.18 Å². The lowest BCUT2D eigenvalue weighted by molar-refractivity contribution is 0.0933. The lowest BCUT2D eigenvalue weighted by Crippen LogP contribution is -2.51. The van der Waals surface area contributed by atoms with Gasteiger partial charge in [-0.1, -0.05) is 25.3 Å². The minimum Gasteiger partial charge on any atom is -0.350 e. The van der Waals surface area contributed by atoms with Crippen LogP contribution >= 0.6 is 12.4 Å². The van der Waals surface area contributed by atoms with Gasteiger partial charge in [0.2, 0.25) is 0 Å². The first-order valence-corrected chi connectivity index (χ1v) is 6.83. The molecule has 0 radical (unpaired) electrons. The normalized spacial score (nSPS) is 17.1. The summed E-state index contributed by atoms with van der Waals surface area (Å²) in [6.07, 6.45) is 5.25. The molecule has 0 spiro atoms. The first-order valence-electron chi connectivity index (χ1n) is 6.83. The van der Waals surface area contributed by atoms with Crippen molar-refractivity contribution in [2.24, 2.45) is 5.73 Å². The van der Waals surface area contributed by atoms with Gasteiger partial charge in [0.1, 0.15) is 5.82 Å². The van der Waals surface area contributed by atoms with Gasteiger partial charge >= 0.3 is 0 Å². The SMILES string of the molecule is Cc1ccc(C(=O)NCC2(N)CCCCC2)c(F)c1.Cl. The Kier molecular flexibility index (Phi) is 5.96. The van der Waals surface area contributed by atoms with Crippen LogP contribution in [0.3, 0.4) is 0 Å². The zero-order chi connectivity index (χ0) is 13.9. The third-order valence-electron chi connectivity index (χ3n) is 3.82. The Morgan fingerprint density at radius 1 is 1.35 bits per heavy atom. The molecule has 1 aliphatic rings. The highest BCUT2D eigenvalue weighted by Gasteiger charge is 2.28. The van der Waals surface area contributed by atoms with Crippen LogP contribution in [-0.2, 0) is 0 Å². The number of amides is 1. The van der Waals surface area contributed by atoms with Crippen molar-refractivity contribution in [1.82, 2.24) is 5.32 Å². The largest absolute Gasteiger partial charge is 0.350 e. The third-order valence-corrected chi connectivity index (χ3v) is 3.82. The number of aryl methyl sites for hydroxylation is 1. The van der Waals surface area contributed by atoms with E-state index in [2.05, 4.69) is 5.32 Å². The number of carbonyl (C=O) groups excluding carboxylic acids is 1. The van der Waals surface area contributed by atoms with Crippen molar-refractivity contribution in [2.75, 3.05) is 6.54 Å². The molecule has 3 nitrogen and oxygen atoms in total. The van der Waals surface area contributed by atoms with E-state index in [1.807, 2.05) is 0 Å². The molecule has 1 saturated carbocycles. The summed E-state index contributed by atoms with van der Waals surface area (Å²) in [5.41, 5.74) is 6.81. The maximum absolute atomic E-state index is 13.7. The van der Waals surface area contributed by atoms with Crippen molar-refractivity contribution < 1.29 is 9.18 Å². The fourth-order valence-electron chi connectivity index (χ4n) is 2.59. The fraction of sp³-hybridized carbons (Fsp3) is 0.533. The molecule has 1 fully saturated rings. The third kappa shape index (κ3) is 4.18. The summed E-state index contributed by atoms with van der Waals surface area (Å²) in [5, 5.41) is 2.77. The van der Waals surface area contributed by atoms with Crippen molar-refractivity contribution in [3.05, 3.63) is 35.1 Å². The van der Waals surface area contributed by atoms with Crippen LogP contribution < -0.4 is 11.1 Å². The number of nitrogens with two attached hydrogens (primary N) is 1. The number of hydrogen-bond donors (Lipinski definition) is 2. The molecule has 1 aromatic carbocycles. The maximum atomic E-state index is 13.7. The minimum absolute atomic E-state index is 0. The van der Waals surface area contributed by atoms with Gasteiger partial charge in [-0.05, 0) is 37.5 Å². The lowest BCUT2D eigenvalue weighted by Gasteiger charge is -2.33. The van der Waals surface area contributed by atoms with E-state index in [0.717, 1.165) is 31.2 Å². The number of halogens is 2. The summed E-state index contributed by atoms with van der Waals surface area (Å²) in [6, 6.07) is 4.62. The van der Waals surface area contributed by atoms with E-state index in [1.165, 1.54) is 18.6 Å². The molecule has 1 aliphatic carbocycles. The highest BCUT2D eigenvalue weighted by atomic mass is 35.5. The number of nitrogens with one attached hydrogen (secondary N) is 1. The highest BCUT2D eigenvalue weighted by Crippen LogP contribution is 2.25. The molecule has 0 heterocycles. The van der Waals surface area contributed by atoms with E-state index < -0.39 is 5.82 Å². The molecule has 112 valence electrons. The molecule has 0 atom stereocenters. The molecule has 0 aromatic heterocycles. The van der Waals surface area contributed by atoms with Crippen molar-refractivity contribution in [3.63, 3.8) is 0 Å². The van der Waals surface area contributed by atoms with Crippen LogP contribution in [-0.4, -0.2) is 18.0 Å². The van der Waals surface area contributed by atoms with Crippen LogP contribution in [0.4, 0.5) is 4.39 Å². The minimum atomic E-state index is -0.479. The second kappa shape index (κ2) is 7.04. The monoisotopic (exact) mass is 300 g/mol. The average Bonchev–Trinajstić information content (AvgIpc) is 2.37. The predicted octanol–water partition coefficient (Wildman–Crippen LogP) is 2.95. The van der Waals surface area contributed by atoms with Gasteiger partial charge in [-0.15, -0.1) is 12.4 Å². The first kappa shape index (κ1) is 16.9. The molecule has 0 unspecified atom stereocenters. The van der Waals surface area contributed by atoms with Gasteiger partial charge in [-0.2, -0.15) is 0 Å². The van der Waals surface area contributed by atoms with Gasteiger partial charge < -0.3 is 11.1 Å². The van der Waals surface area contributed by atoms with E-state index in [1.54, 1.807) is 13.0 Å². The molecular formula is C15H22ClFN2O. The number of benzene rings is 1. The maximum Gasteiger partial charge on any atom is 0.254 e.